The minimum atomic E-state index is 0.743. The zero-order valence-electron chi connectivity index (χ0n) is 13.9. The predicted molar refractivity (Wildman–Crippen MR) is 100 cm³/mol. The molecule has 4 rings (SSSR count). The fourth-order valence-corrected chi connectivity index (χ4v) is 3.03. The van der Waals surface area contributed by atoms with Gasteiger partial charge in [-0.3, -0.25) is 4.40 Å². The molecule has 0 saturated carbocycles. The average Bonchev–Trinajstić information content (AvgIpc) is 3.07. The molecule has 0 aliphatic heterocycles. The van der Waals surface area contributed by atoms with Crippen LogP contribution in [-0.4, -0.2) is 21.7 Å². The molecule has 2 aromatic heterocycles. The molecule has 0 unspecified atom stereocenters. The lowest BCUT2D eigenvalue weighted by Crippen LogP contribution is -1.94. The number of rotatable bonds is 3. The molecule has 2 heterocycles. The molecule has 2 aromatic carbocycles. The van der Waals surface area contributed by atoms with Crippen molar-refractivity contribution < 1.29 is 4.74 Å². The van der Waals surface area contributed by atoms with Crippen LogP contribution in [0, 0.1) is 6.92 Å². The number of halogens is 1. The van der Waals surface area contributed by atoms with E-state index >= 15 is 0 Å². The summed E-state index contributed by atoms with van der Waals surface area (Å²) in [6.45, 7) is 1.99. The van der Waals surface area contributed by atoms with Crippen molar-refractivity contribution >= 4 is 17.2 Å². The molecule has 0 spiro atoms. The molecule has 4 aromatic rings. The van der Waals surface area contributed by atoms with Gasteiger partial charge in [-0.15, -0.1) is 10.2 Å². The third-order valence-electron chi connectivity index (χ3n) is 4.26. The summed E-state index contributed by atoms with van der Waals surface area (Å²) < 4.78 is 7.44. The number of aromatic nitrogens is 3. The van der Waals surface area contributed by atoms with Crippen molar-refractivity contribution in [1.82, 2.24) is 14.6 Å². The van der Waals surface area contributed by atoms with Crippen LogP contribution in [0.5, 0.6) is 5.75 Å². The number of para-hydroxylation sites is 1. The van der Waals surface area contributed by atoms with Crippen molar-refractivity contribution in [2.75, 3.05) is 7.11 Å². The highest BCUT2D eigenvalue weighted by Crippen LogP contribution is 2.30. The number of hydrogen-bond donors (Lipinski definition) is 0. The van der Waals surface area contributed by atoms with Crippen LogP contribution < -0.4 is 4.74 Å². The summed E-state index contributed by atoms with van der Waals surface area (Å²) >= 11 is 6.28. The van der Waals surface area contributed by atoms with E-state index in [1.165, 1.54) is 0 Å². The number of fused-ring (bicyclic) bond motifs is 1. The summed E-state index contributed by atoms with van der Waals surface area (Å²) in [5, 5.41) is 9.37. The third-order valence-corrected chi connectivity index (χ3v) is 4.66. The van der Waals surface area contributed by atoms with Crippen LogP contribution in [0.2, 0.25) is 5.02 Å². The van der Waals surface area contributed by atoms with Gasteiger partial charge in [0.1, 0.15) is 5.75 Å². The van der Waals surface area contributed by atoms with Gasteiger partial charge in [-0.1, -0.05) is 35.9 Å². The van der Waals surface area contributed by atoms with Crippen molar-refractivity contribution in [3.63, 3.8) is 0 Å². The van der Waals surface area contributed by atoms with Crippen LogP contribution in [0.3, 0.4) is 0 Å². The molecule has 0 N–H and O–H groups in total. The van der Waals surface area contributed by atoms with Crippen molar-refractivity contribution in [2.45, 2.75) is 6.92 Å². The van der Waals surface area contributed by atoms with Crippen LogP contribution in [0.4, 0.5) is 0 Å². The van der Waals surface area contributed by atoms with E-state index in [1.54, 1.807) is 7.11 Å². The number of ether oxygens (including phenoxy) is 1. The highest BCUT2D eigenvalue weighted by molar-refractivity contribution is 6.31. The highest BCUT2D eigenvalue weighted by Gasteiger charge is 2.13. The Balaban J connectivity index is 1.89. The van der Waals surface area contributed by atoms with Crippen molar-refractivity contribution in [1.29, 1.82) is 0 Å². The molecular formula is C20H16ClN3O. The van der Waals surface area contributed by atoms with Gasteiger partial charge in [-0.05, 0) is 53.9 Å². The Labute approximate surface area is 150 Å². The number of nitrogens with zero attached hydrogens (tertiary/aromatic N) is 3. The second-order valence-electron chi connectivity index (χ2n) is 5.83. The lowest BCUT2D eigenvalue weighted by molar-refractivity contribution is 0.416. The maximum Gasteiger partial charge on any atom is 0.172 e. The first-order valence-corrected chi connectivity index (χ1v) is 8.30. The Kier molecular flexibility index (Phi) is 3.90. The van der Waals surface area contributed by atoms with Gasteiger partial charge in [0.25, 0.3) is 0 Å². The Hall–Kier alpha value is -2.85. The Morgan fingerprint density at radius 1 is 0.960 bits per heavy atom. The molecule has 4 nitrogen and oxygen atoms in total. The van der Waals surface area contributed by atoms with Gasteiger partial charge in [0.15, 0.2) is 11.5 Å². The summed E-state index contributed by atoms with van der Waals surface area (Å²) in [5.74, 6) is 1.51. The summed E-state index contributed by atoms with van der Waals surface area (Å²) in [7, 11) is 1.65. The zero-order chi connectivity index (χ0) is 17.4. The van der Waals surface area contributed by atoms with E-state index in [9.17, 15) is 0 Å². The van der Waals surface area contributed by atoms with Gasteiger partial charge >= 0.3 is 0 Å². The van der Waals surface area contributed by atoms with E-state index in [0.29, 0.717) is 0 Å². The lowest BCUT2D eigenvalue weighted by Gasteiger charge is -2.08. The van der Waals surface area contributed by atoms with Gasteiger partial charge in [0, 0.05) is 11.2 Å². The van der Waals surface area contributed by atoms with E-state index in [0.717, 1.165) is 44.5 Å². The normalized spacial score (nSPS) is 11.0. The topological polar surface area (TPSA) is 39.4 Å². The molecule has 0 bridgehead atoms. The van der Waals surface area contributed by atoms with E-state index in [2.05, 4.69) is 16.3 Å². The molecule has 0 aliphatic carbocycles. The van der Waals surface area contributed by atoms with E-state index < -0.39 is 0 Å². The average molecular weight is 350 g/mol. The van der Waals surface area contributed by atoms with Crippen LogP contribution in [-0.2, 0) is 0 Å². The minimum Gasteiger partial charge on any atom is -0.496 e. The number of benzene rings is 2. The molecule has 0 aliphatic rings. The lowest BCUT2D eigenvalue weighted by atomic mass is 10.1. The van der Waals surface area contributed by atoms with Crippen LogP contribution in [0.1, 0.15) is 5.56 Å². The Morgan fingerprint density at radius 3 is 2.56 bits per heavy atom. The maximum atomic E-state index is 6.28. The maximum absolute atomic E-state index is 6.28. The van der Waals surface area contributed by atoms with Gasteiger partial charge in [0.05, 0.1) is 12.7 Å². The van der Waals surface area contributed by atoms with E-state index in [-0.39, 0.29) is 0 Å². The van der Waals surface area contributed by atoms with E-state index in [1.807, 2.05) is 66.1 Å². The first-order valence-electron chi connectivity index (χ1n) is 7.92. The highest BCUT2D eigenvalue weighted by atomic mass is 35.5. The fourth-order valence-electron chi connectivity index (χ4n) is 2.85. The van der Waals surface area contributed by atoms with Gasteiger partial charge < -0.3 is 4.74 Å². The molecule has 0 fully saturated rings. The largest absolute Gasteiger partial charge is 0.496 e. The molecule has 124 valence electrons. The number of aryl methyl sites for hydroxylation is 1. The summed E-state index contributed by atoms with van der Waals surface area (Å²) in [6.07, 6.45) is 2.03. The van der Waals surface area contributed by atoms with Crippen molar-refractivity contribution in [2.24, 2.45) is 0 Å². The number of pyridine rings is 1. The fraction of sp³-hybridized carbons (Fsp3) is 0.100. The Bertz CT molecular complexity index is 1070. The molecule has 25 heavy (non-hydrogen) atoms. The van der Waals surface area contributed by atoms with Crippen LogP contribution in [0.25, 0.3) is 28.2 Å². The van der Waals surface area contributed by atoms with Crippen LogP contribution in [0.15, 0.2) is 60.8 Å². The standard InChI is InChI=1S/C20H16ClN3O/c1-13-7-8-14(11-17(13)21)15-9-10-19-22-23-20(24(19)12-15)16-5-3-4-6-18(16)25-2/h3-12H,1-2H3. The molecule has 0 amide bonds. The van der Waals surface area contributed by atoms with Gasteiger partial charge in [-0.2, -0.15) is 0 Å². The van der Waals surface area contributed by atoms with Crippen LogP contribution >= 0.6 is 11.6 Å². The van der Waals surface area contributed by atoms with Crippen molar-refractivity contribution in [3.8, 4) is 28.3 Å². The van der Waals surface area contributed by atoms with E-state index in [4.69, 9.17) is 16.3 Å². The molecule has 0 saturated heterocycles. The molecule has 5 heteroatoms. The zero-order valence-corrected chi connectivity index (χ0v) is 14.7. The molecular weight excluding hydrogens is 334 g/mol. The summed E-state index contributed by atoms with van der Waals surface area (Å²) in [4.78, 5) is 0. The van der Waals surface area contributed by atoms with Crippen molar-refractivity contribution in [3.05, 3.63) is 71.4 Å². The van der Waals surface area contributed by atoms with Gasteiger partial charge in [0.2, 0.25) is 0 Å². The first-order chi connectivity index (χ1) is 12.2. The quantitative estimate of drug-likeness (QED) is 0.520. The smallest absolute Gasteiger partial charge is 0.172 e. The molecule has 0 atom stereocenters. The molecule has 0 radical (unpaired) electrons. The minimum absolute atomic E-state index is 0.743. The first kappa shape index (κ1) is 15.7. The number of hydrogen-bond acceptors (Lipinski definition) is 3. The second kappa shape index (κ2) is 6.22. The summed E-state index contributed by atoms with van der Waals surface area (Å²) in [5.41, 5.74) is 4.84. The number of methoxy groups -OCH3 is 1. The SMILES string of the molecule is COc1ccccc1-c1nnc2ccc(-c3ccc(C)c(Cl)c3)cn12. The predicted octanol–water partition coefficient (Wildman–Crippen LogP) is 5.03. The summed E-state index contributed by atoms with van der Waals surface area (Å²) in [6, 6.07) is 17.8. The second-order valence-corrected chi connectivity index (χ2v) is 6.24. The third kappa shape index (κ3) is 2.75. The Morgan fingerprint density at radius 2 is 1.76 bits per heavy atom. The monoisotopic (exact) mass is 349 g/mol. The van der Waals surface area contributed by atoms with Gasteiger partial charge in [-0.25, -0.2) is 0 Å².